The lowest BCUT2D eigenvalue weighted by atomic mass is 10.1. The second kappa shape index (κ2) is 8.00. The van der Waals surface area contributed by atoms with Crippen molar-refractivity contribution in [3.05, 3.63) is 22.8 Å². The first-order valence-electron chi connectivity index (χ1n) is 8.12. The molecule has 0 unspecified atom stereocenters. The molecule has 0 aliphatic heterocycles. The molecule has 2 rings (SSSR count). The van der Waals surface area contributed by atoms with E-state index in [1.807, 2.05) is 0 Å². The number of aromatic nitrogens is 1. The summed E-state index contributed by atoms with van der Waals surface area (Å²) in [7, 11) is 2.14. The Labute approximate surface area is 134 Å². The van der Waals surface area contributed by atoms with Gasteiger partial charge in [0.15, 0.2) is 0 Å². The van der Waals surface area contributed by atoms with Gasteiger partial charge in [0, 0.05) is 26.3 Å². The van der Waals surface area contributed by atoms with Gasteiger partial charge in [0.05, 0.1) is 5.02 Å². The van der Waals surface area contributed by atoms with Crippen molar-refractivity contribution in [1.82, 2.24) is 10.3 Å². The fourth-order valence-electron chi connectivity index (χ4n) is 2.98. The van der Waals surface area contributed by atoms with Crippen LogP contribution in [0, 0.1) is 11.8 Å². The summed E-state index contributed by atoms with van der Waals surface area (Å²) in [6.07, 6.45) is 7.28. The molecule has 1 aromatic rings. The van der Waals surface area contributed by atoms with E-state index >= 15 is 0 Å². The molecule has 1 heterocycles. The lowest BCUT2D eigenvalue weighted by Gasteiger charge is -2.23. The SMILES string of the molecule is CC(C)CNCc1cc(N(C)CC2CCCC2)ncc1Cl. The number of anilines is 1. The zero-order chi connectivity index (χ0) is 15.2. The van der Waals surface area contributed by atoms with Crippen LogP contribution in [0.15, 0.2) is 12.3 Å². The topological polar surface area (TPSA) is 28.2 Å². The zero-order valence-electron chi connectivity index (χ0n) is 13.5. The predicted molar refractivity (Wildman–Crippen MR) is 91.0 cm³/mol. The Balaban J connectivity index is 1.95. The molecule has 1 saturated carbocycles. The number of halogens is 1. The molecule has 118 valence electrons. The monoisotopic (exact) mass is 309 g/mol. The minimum Gasteiger partial charge on any atom is -0.359 e. The van der Waals surface area contributed by atoms with E-state index in [0.29, 0.717) is 5.92 Å². The third-order valence-corrected chi connectivity index (χ3v) is 4.53. The van der Waals surface area contributed by atoms with Gasteiger partial charge < -0.3 is 10.2 Å². The van der Waals surface area contributed by atoms with E-state index in [2.05, 4.69) is 42.2 Å². The smallest absolute Gasteiger partial charge is 0.128 e. The minimum absolute atomic E-state index is 0.648. The lowest BCUT2D eigenvalue weighted by Crippen LogP contribution is -2.25. The largest absolute Gasteiger partial charge is 0.359 e. The van der Waals surface area contributed by atoms with Gasteiger partial charge in [-0.15, -0.1) is 0 Å². The summed E-state index contributed by atoms with van der Waals surface area (Å²) in [6, 6.07) is 2.13. The molecule has 1 N–H and O–H groups in total. The summed E-state index contributed by atoms with van der Waals surface area (Å²) in [4.78, 5) is 6.77. The van der Waals surface area contributed by atoms with E-state index in [4.69, 9.17) is 11.6 Å². The van der Waals surface area contributed by atoms with Crippen LogP contribution in [0.1, 0.15) is 45.1 Å². The maximum absolute atomic E-state index is 6.27. The molecule has 4 heteroatoms. The van der Waals surface area contributed by atoms with E-state index in [-0.39, 0.29) is 0 Å². The Kier molecular flexibility index (Phi) is 6.31. The van der Waals surface area contributed by atoms with Gasteiger partial charge in [-0.25, -0.2) is 4.98 Å². The zero-order valence-corrected chi connectivity index (χ0v) is 14.3. The molecule has 0 spiro atoms. The van der Waals surface area contributed by atoms with Crippen LogP contribution in [-0.4, -0.2) is 25.1 Å². The maximum Gasteiger partial charge on any atom is 0.128 e. The van der Waals surface area contributed by atoms with E-state index in [1.165, 1.54) is 25.7 Å². The normalized spacial score (nSPS) is 15.9. The number of pyridine rings is 1. The highest BCUT2D eigenvalue weighted by molar-refractivity contribution is 6.31. The fourth-order valence-corrected chi connectivity index (χ4v) is 3.15. The third-order valence-electron chi connectivity index (χ3n) is 4.19. The van der Waals surface area contributed by atoms with Gasteiger partial charge in [0.2, 0.25) is 0 Å². The molecule has 1 aliphatic rings. The molecule has 0 bridgehead atoms. The molecule has 1 aliphatic carbocycles. The Morgan fingerprint density at radius 1 is 1.38 bits per heavy atom. The molecule has 0 amide bonds. The standard InChI is InChI=1S/C17H28ClN3/c1-13(2)9-19-10-15-8-17(20-11-16(15)18)21(3)12-14-6-4-5-7-14/h8,11,13-14,19H,4-7,9-10,12H2,1-3H3. The summed E-state index contributed by atoms with van der Waals surface area (Å²) in [5.74, 6) is 2.51. The van der Waals surface area contributed by atoms with Crippen LogP contribution >= 0.6 is 11.6 Å². The van der Waals surface area contributed by atoms with Gasteiger partial charge in [0.25, 0.3) is 0 Å². The average Bonchev–Trinajstić information content (AvgIpc) is 2.93. The summed E-state index contributed by atoms with van der Waals surface area (Å²) in [5.41, 5.74) is 1.14. The van der Waals surface area contributed by atoms with Crippen molar-refractivity contribution in [3.63, 3.8) is 0 Å². The summed E-state index contributed by atoms with van der Waals surface area (Å²) >= 11 is 6.27. The van der Waals surface area contributed by atoms with Gasteiger partial charge in [-0.1, -0.05) is 38.3 Å². The van der Waals surface area contributed by atoms with Crippen molar-refractivity contribution in [3.8, 4) is 0 Å². The maximum atomic E-state index is 6.27. The average molecular weight is 310 g/mol. The van der Waals surface area contributed by atoms with Crippen molar-refractivity contribution >= 4 is 17.4 Å². The molecule has 1 aromatic heterocycles. The first-order chi connectivity index (χ1) is 10.1. The van der Waals surface area contributed by atoms with Gasteiger partial charge >= 0.3 is 0 Å². The van der Waals surface area contributed by atoms with E-state index in [0.717, 1.165) is 42.0 Å². The van der Waals surface area contributed by atoms with Gasteiger partial charge in [-0.2, -0.15) is 0 Å². The Bertz CT molecular complexity index is 442. The summed E-state index contributed by atoms with van der Waals surface area (Å²) in [6.45, 7) is 7.34. The molecule has 0 atom stereocenters. The van der Waals surface area contributed by atoms with Crippen LogP contribution in [0.5, 0.6) is 0 Å². The molecule has 0 aromatic carbocycles. The fraction of sp³-hybridized carbons (Fsp3) is 0.706. The second-order valence-corrected chi connectivity index (χ2v) is 7.10. The van der Waals surface area contributed by atoms with Crippen LogP contribution in [0.3, 0.4) is 0 Å². The molecule has 21 heavy (non-hydrogen) atoms. The molecule has 0 radical (unpaired) electrons. The van der Waals surface area contributed by atoms with Crippen molar-refractivity contribution in [2.45, 2.75) is 46.1 Å². The van der Waals surface area contributed by atoms with Crippen LogP contribution < -0.4 is 10.2 Å². The third kappa shape index (κ3) is 5.15. The van der Waals surface area contributed by atoms with Crippen molar-refractivity contribution in [1.29, 1.82) is 0 Å². The van der Waals surface area contributed by atoms with E-state index in [9.17, 15) is 0 Å². The Morgan fingerprint density at radius 3 is 2.76 bits per heavy atom. The first-order valence-corrected chi connectivity index (χ1v) is 8.50. The van der Waals surface area contributed by atoms with Crippen molar-refractivity contribution in [2.24, 2.45) is 11.8 Å². The van der Waals surface area contributed by atoms with Gasteiger partial charge in [0.1, 0.15) is 5.82 Å². The summed E-state index contributed by atoms with van der Waals surface area (Å²) < 4.78 is 0. The quantitative estimate of drug-likeness (QED) is 0.821. The number of hydrogen-bond donors (Lipinski definition) is 1. The first kappa shape index (κ1) is 16.6. The predicted octanol–water partition coefficient (Wildman–Crippen LogP) is 4.11. The van der Waals surface area contributed by atoms with Crippen LogP contribution in [0.2, 0.25) is 5.02 Å². The van der Waals surface area contributed by atoms with Gasteiger partial charge in [-0.05, 0) is 42.9 Å². The molecular weight excluding hydrogens is 282 g/mol. The molecule has 3 nitrogen and oxygen atoms in total. The number of rotatable bonds is 7. The highest BCUT2D eigenvalue weighted by Crippen LogP contribution is 2.27. The summed E-state index contributed by atoms with van der Waals surface area (Å²) in [5, 5.41) is 4.20. The number of nitrogens with one attached hydrogen (secondary N) is 1. The van der Waals surface area contributed by atoms with E-state index in [1.54, 1.807) is 6.20 Å². The van der Waals surface area contributed by atoms with Gasteiger partial charge in [-0.3, -0.25) is 0 Å². The van der Waals surface area contributed by atoms with Crippen LogP contribution in [0.25, 0.3) is 0 Å². The van der Waals surface area contributed by atoms with Crippen molar-refractivity contribution in [2.75, 3.05) is 25.0 Å². The minimum atomic E-state index is 0.648. The highest BCUT2D eigenvalue weighted by atomic mass is 35.5. The van der Waals surface area contributed by atoms with Crippen molar-refractivity contribution < 1.29 is 0 Å². The molecule has 0 saturated heterocycles. The molecule has 1 fully saturated rings. The Morgan fingerprint density at radius 2 is 2.10 bits per heavy atom. The van der Waals surface area contributed by atoms with E-state index < -0.39 is 0 Å². The van der Waals surface area contributed by atoms with Crippen LogP contribution in [0.4, 0.5) is 5.82 Å². The molecular formula is C17H28ClN3. The second-order valence-electron chi connectivity index (χ2n) is 6.69. The van der Waals surface area contributed by atoms with Crippen LogP contribution in [-0.2, 0) is 6.54 Å². The lowest BCUT2D eigenvalue weighted by molar-refractivity contribution is 0.543. The Hall–Kier alpha value is -0.800. The number of hydrogen-bond acceptors (Lipinski definition) is 3. The highest BCUT2D eigenvalue weighted by Gasteiger charge is 2.18. The number of nitrogens with zero attached hydrogens (tertiary/aromatic N) is 2.